The second kappa shape index (κ2) is 5.53. The molecule has 1 unspecified atom stereocenters. The third-order valence-electron chi connectivity index (χ3n) is 3.48. The van der Waals surface area contributed by atoms with Gasteiger partial charge in [-0.25, -0.2) is 8.42 Å². The molecule has 1 fully saturated rings. The summed E-state index contributed by atoms with van der Waals surface area (Å²) in [6, 6.07) is 3.72. The van der Waals surface area contributed by atoms with Gasteiger partial charge in [0.25, 0.3) is 0 Å². The van der Waals surface area contributed by atoms with Crippen LogP contribution in [-0.4, -0.2) is 47.6 Å². The number of hydrogen-bond acceptors (Lipinski definition) is 7. The Kier molecular flexibility index (Phi) is 3.73. The molecule has 0 saturated carbocycles. The first kappa shape index (κ1) is 14.2. The van der Waals surface area contributed by atoms with E-state index in [2.05, 4.69) is 20.4 Å². The minimum atomic E-state index is -3.09. The molecule has 0 radical (unpaired) electrons. The Bertz CT molecular complexity index is 724. The van der Waals surface area contributed by atoms with E-state index in [9.17, 15) is 8.42 Å². The lowest BCUT2D eigenvalue weighted by Crippen LogP contribution is -2.45. The monoisotopic (exact) mass is 308 g/mol. The molecule has 1 aliphatic heterocycles. The molecule has 112 valence electrons. The maximum absolute atomic E-state index is 12.0. The van der Waals surface area contributed by atoms with Crippen LogP contribution in [0.1, 0.15) is 11.6 Å². The summed E-state index contributed by atoms with van der Waals surface area (Å²) in [4.78, 5) is 8.44. The van der Waals surface area contributed by atoms with Crippen LogP contribution in [-0.2, 0) is 16.3 Å². The molecule has 3 rings (SSSR count). The van der Waals surface area contributed by atoms with E-state index in [1.54, 1.807) is 6.20 Å². The normalized spacial score (nSPS) is 21.3. The molecule has 8 heteroatoms. The Hall–Kier alpha value is -1.80. The van der Waals surface area contributed by atoms with Crippen LogP contribution in [0.15, 0.2) is 22.9 Å². The van der Waals surface area contributed by atoms with Gasteiger partial charge in [-0.1, -0.05) is 5.16 Å². The van der Waals surface area contributed by atoms with Crippen molar-refractivity contribution in [2.24, 2.45) is 0 Å². The zero-order valence-corrected chi connectivity index (χ0v) is 12.4. The van der Waals surface area contributed by atoms with Gasteiger partial charge in [-0.2, -0.15) is 4.98 Å². The molecule has 21 heavy (non-hydrogen) atoms. The highest BCUT2D eigenvalue weighted by Gasteiger charge is 2.30. The van der Waals surface area contributed by atoms with Gasteiger partial charge in [-0.05, 0) is 19.1 Å². The van der Waals surface area contributed by atoms with Crippen LogP contribution in [0.3, 0.4) is 0 Å². The Morgan fingerprint density at radius 2 is 2.29 bits per heavy atom. The van der Waals surface area contributed by atoms with Crippen molar-refractivity contribution in [3.63, 3.8) is 0 Å². The first-order chi connectivity index (χ1) is 10.0. The standard InChI is InChI=1S/C13H16N4O3S/c1-9-2-3-10(7-15-9)13-16-12(20-17-13)6-11-8-14-4-5-21(11,18)19/h2-3,7,11,14H,4-6,8H2,1H3. The van der Waals surface area contributed by atoms with Gasteiger partial charge in [0.15, 0.2) is 9.84 Å². The number of nitrogens with zero attached hydrogens (tertiary/aromatic N) is 3. The van der Waals surface area contributed by atoms with Crippen LogP contribution in [0.4, 0.5) is 0 Å². The second-order valence-electron chi connectivity index (χ2n) is 5.10. The van der Waals surface area contributed by atoms with Crippen molar-refractivity contribution in [3.8, 4) is 11.4 Å². The zero-order valence-electron chi connectivity index (χ0n) is 11.6. The molecule has 1 saturated heterocycles. The average molecular weight is 308 g/mol. The van der Waals surface area contributed by atoms with E-state index in [-0.39, 0.29) is 12.2 Å². The zero-order chi connectivity index (χ0) is 14.9. The Balaban J connectivity index is 1.77. The van der Waals surface area contributed by atoms with Crippen molar-refractivity contribution in [1.29, 1.82) is 0 Å². The highest BCUT2D eigenvalue weighted by molar-refractivity contribution is 7.92. The highest BCUT2D eigenvalue weighted by atomic mass is 32.2. The predicted molar refractivity (Wildman–Crippen MR) is 76.4 cm³/mol. The fourth-order valence-electron chi connectivity index (χ4n) is 2.22. The molecule has 1 aliphatic rings. The average Bonchev–Trinajstić information content (AvgIpc) is 2.90. The fraction of sp³-hybridized carbons (Fsp3) is 0.462. The van der Waals surface area contributed by atoms with E-state index in [4.69, 9.17) is 4.52 Å². The van der Waals surface area contributed by atoms with Gasteiger partial charge < -0.3 is 9.84 Å². The SMILES string of the molecule is Cc1ccc(-c2noc(CC3CNCCS3(=O)=O)n2)cn1. The molecule has 0 bridgehead atoms. The molecule has 7 nitrogen and oxygen atoms in total. The minimum Gasteiger partial charge on any atom is -0.339 e. The smallest absolute Gasteiger partial charge is 0.228 e. The summed E-state index contributed by atoms with van der Waals surface area (Å²) in [6.45, 7) is 2.82. The largest absolute Gasteiger partial charge is 0.339 e. The van der Waals surface area contributed by atoms with E-state index in [0.29, 0.717) is 24.8 Å². The molecule has 0 aliphatic carbocycles. The minimum absolute atomic E-state index is 0.153. The summed E-state index contributed by atoms with van der Waals surface area (Å²) < 4.78 is 29.1. The van der Waals surface area contributed by atoms with Crippen LogP contribution in [0, 0.1) is 6.92 Å². The maximum atomic E-state index is 12.0. The Morgan fingerprint density at radius 1 is 1.43 bits per heavy atom. The third-order valence-corrected chi connectivity index (χ3v) is 5.61. The fourth-order valence-corrected chi connectivity index (χ4v) is 3.75. The van der Waals surface area contributed by atoms with Crippen LogP contribution < -0.4 is 5.32 Å². The summed E-state index contributed by atoms with van der Waals surface area (Å²) in [5.74, 6) is 0.919. The first-order valence-electron chi connectivity index (χ1n) is 6.72. The lowest BCUT2D eigenvalue weighted by Gasteiger charge is -2.21. The van der Waals surface area contributed by atoms with Crippen molar-refractivity contribution in [2.75, 3.05) is 18.8 Å². The molecule has 0 spiro atoms. The first-order valence-corrected chi connectivity index (χ1v) is 8.44. The molecule has 3 heterocycles. The number of aromatic nitrogens is 3. The van der Waals surface area contributed by atoms with Crippen LogP contribution in [0.25, 0.3) is 11.4 Å². The van der Waals surface area contributed by atoms with Gasteiger partial charge in [-0.3, -0.25) is 4.98 Å². The van der Waals surface area contributed by atoms with E-state index < -0.39 is 15.1 Å². The number of rotatable bonds is 3. The molecule has 2 aromatic rings. The van der Waals surface area contributed by atoms with Crippen LogP contribution in [0.5, 0.6) is 0 Å². The van der Waals surface area contributed by atoms with Gasteiger partial charge in [0.05, 0.1) is 11.0 Å². The lowest BCUT2D eigenvalue weighted by atomic mass is 10.2. The van der Waals surface area contributed by atoms with Crippen molar-refractivity contribution < 1.29 is 12.9 Å². The summed E-state index contributed by atoms with van der Waals surface area (Å²) in [6.07, 6.45) is 1.91. The van der Waals surface area contributed by atoms with Crippen molar-refractivity contribution in [3.05, 3.63) is 29.9 Å². The number of aryl methyl sites for hydroxylation is 1. The maximum Gasteiger partial charge on any atom is 0.228 e. The van der Waals surface area contributed by atoms with E-state index in [1.165, 1.54) is 0 Å². The highest BCUT2D eigenvalue weighted by Crippen LogP contribution is 2.17. The van der Waals surface area contributed by atoms with E-state index in [0.717, 1.165) is 11.3 Å². The third kappa shape index (κ3) is 3.11. The Labute approximate surface area is 122 Å². The summed E-state index contributed by atoms with van der Waals surface area (Å²) >= 11 is 0. The lowest BCUT2D eigenvalue weighted by molar-refractivity contribution is 0.373. The van der Waals surface area contributed by atoms with Gasteiger partial charge in [0, 0.05) is 37.0 Å². The van der Waals surface area contributed by atoms with E-state index >= 15 is 0 Å². The number of pyridine rings is 1. The Morgan fingerprint density at radius 3 is 3.00 bits per heavy atom. The van der Waals surface area contributed by atoms with Crippen LogP contribution in [0.2, 0.25) is 0 Å². The van der Waals surface area contributed by atoms with Crippen molar-refractivity contribution >= 4 is 9.84 Å². The topological polar surface area (TPSA) is 98.0 Å². The van der Waals surface area contributed by atoms with Gasteiger partial charge in [-0.15, -0.1) is 0 Å². The number of nitrogens with one attached hydrogen (secondary N) is 1. The van der Waals surface area contributed by atoms with Crippen molar-refractivity contribution in [2.45, 2.75) is 18.6 Å². The van der Waals surface area contributed by atoms with Crippen molar-refractivity contribution in [1.82, 2.24) is 20.4 Å². The number of sulfone groups is 1. The molecular weight excluding hydrogens is 292 g/mol. The molecule has 1 N–H and O–H groups in total. The van der Waals surface area contributed by atoms with Gasteiger partial charge >= 0.3 is 0 Å². The molecular formula is C13H16N4O3S. The van der Waals surface area contributed by atoms with Gasteiger partial charge in [0.2, 0.25) is 11.7 Å². The molecule has 2 aromatic heterocycles. The van der Waals surface area contributed by atoms with E-state index in [1.807, 2.05) is 19.1 Å². The second-order valence-corrected chi connectivity index (χ2v) is 7.50. The predicted octanol–water partition coefficient (Wildman–Crippen LogP) is 0.369. The van der Waals surface area contributed by atoms with Gasteiger partial charge in [0.1, 0.15) is 0 Å². The quantitative estimate of drug-likeness (QED) is 0.874. The summed E-state index contributed by atoms with van der Waals surface area (Å²) in [7, 11) is -3.09. The molecule has 1 atom stereocenters. The molecule has 0 amide bonds. The molecule has 0 aromatic carbocycles. The summed E-state index contributed by atoms with van der Waals surface area (Å²) in [5.41, 5.74) is 1.65. The summed E-state index contributed by atoms with van der Waals surface area (Å²) in [5, 5.41) is 6.46. The number of hydrogen-bond donors (Lipinski definition) is 1. The van der Waals surface area contributed by atoms with Crippen LogP contribution >= 0.6 is 0 Å².